The highest BCUT2D eigenvalue weighted by molar-refractivity contribution is 5.75. The Hall–Kier alpha value is -1.87. The highest BCUT2D eigenvalue weighted by Gasteiger charge is 2.30. The van der Waals surface area contributed by atoms with Crippen molar-refractivity contribution in [3.8, 4) is 0 Å². The van der Waals surface area contributed by atoms with Crippen LogP contribution in [0.1, 0.15) is 19.3 Å². The number of hydrogen-bond acceptors (Lipinski definition) is 5. The van der Waals surface area contributed by atoms with Gasteiger partial charge in [0.25, 0.3) is 0 Å². The molecule has 0 spiro atoms. The molecule has 1 heterocycles. The number of carboxylic acids is 2. The second kappa shape index (κ2) is 8.42. The summed E-state index contributed by atoms with van der Waals surface area (Å²) in [5.41, 5.74) is 10.4. The molecular weight excluding hydrogens is 278 g/mol. The molecule has 2 atom stereocenters. The summed E-state index contributed by atoms with van der Waals surface area (Å²) in [4.78, 5) is 27.8. The fourth-order valence-electron chi connectivity index (χ4n) is 2.44. The molecule has 0 aliphatic carbocycles. The van der Waals surface area contributed by atoms with Crippen LogP contribution in [0, 0.1) is 0 Å². The van der Waals surface area contributed by atoms with Crippen molar-refractivity contribution in [1.82, 2.24) is 10.2 Å². The van der Waals surface area contributed by atoms with E-state index in [0.717, 1.165) is 0 Å². The molecule has 0 aromatic carbocycles. The van der Waals surface area contributed by atoms with Crippen LogP contribution in [0.5, 0.6) is 0 Å². The Balaban J connectivity index is 2.52. The van der Waals surface area contributed by atoms with Crippen molar-refractivity contribution in [1.29, 1.82) is 0 Å². The van der Waals surface area contributed by atoms with Crippen LogP contribution >= 0.6 is 0 Å². The van der Waals surface area contributed by atoms with E-state index in [0.29, 0.717) is 39.0 Å². The molecule has 0 bridgehead atoms. The molecule has 0 amide bonds. The van der Waals surface area contributed by atoms with Gasteiger partial charge in [-0.05, 0) is 12.8 Å². The molecule has 1 aliphatic rings. The molecule has 0 aromatic rings. The zero-order valence-electron chi connectivity index (χ0n) is 11.9. The predicted molar refractivity (Wildman–Crippen MR) is 77.0 cm³/mol. The van der Waals surface area contributed by atoms with Crippen LogP contribution in [0.2, 0.25) is 0 Å². The molecule has 1 aliphatic heterocycles. The zero-order valence-corrected chi connectivity index (χ0v) is 11.9. The number of aliphatic carboxylic acids is 2. The molecule has 1 saturated heterocycles. The summed E-state index contributed by atoms with van der Waals surface area (Å²) in [6.07, 6.45) is 0.963. The molecule has 9 heteroatoms. The molecule has 0 saturated carbocycles. The molecule has 1 fully saturated rings. The first-order valence-electron chi connectivity index (χ1n) is 6.87. The van der Waals surface area contributed by atoms with Gasteiger partial charge in [-0.15, -0.1) is 0 Å². The normalized spacial score (nSPS) is 20.7. The summed E-state index contributed by atoms with van der Waals surface area (Å²) < 4.78 is 0. The number of nitrogens with two attached hydrogens (primary N) is 2. The van der Waals surface area contributed by atoms with Crippen molar-refractivity contribution in [2.75, 3.05) is 26.2 Å². The molecule has 0 unspecified atom stereocenters. The van der Waals surface area contributed by atoms with E-state index in [9.17, 15) is 14.7 Å². The van der Waals surface area contributed by atoms with Crippen molar-refractivity contribution < 1.29 is 19.8 Å². The number of nitrogens with zero attached hydrogens (tertiary/aromatic N) is 2. The van der Waals surface area contributed by atoms with E-state index in [1.54, 1.807) is 0 Å². The van der Waals surface area contributed by atoms with Gasteiger partial charge in [-0.25, -0.2) is 0 Å². The van der Waals surface area contributed by atoms with Crippen molar-refractivity contribution in [2.24, 2.45) is 16.5 Å². The topological polar surface area (TPSA) is 154 Å². The number of aliphatic imine (C=N–C) groups is 1. The largest absolute Gasteiger partial charge is 0.481 e. The number of carbonyl (C=O) groups is 2. The number of carboxylic acid groups (broad SMARTS) is 2. The first-order valence-corrected chi connectivity index (χ1v) is 6.87. The summed E-state index contributed by atoms with van der Waals surface area (Å²) in [7, 11) is 0. The summed E-state index contributed by atoms with van der Waals surface area (Å²) in [6, 6.07) is -0.867. The molecule has 0 radical (unpaired) electrons. The average Bonchev–Trinajstić information content (AvgIpc) is 2.37. The molecule has 9 nitrogen and oxygen atoms in total. The van der Waals surface area contributed by atoms with E-state index >= 15 is 0 Å². The quantitative estimate of drug-likeness (QED) is 0.201. The van der Waals surface area contributed by atoms with Crippen LogP contribution in [0.15, 0.2) is 4.99 Å². The van der Waals surface area contributed by atoms with Gasteiger partial charge in [-0.1, -0.05) is 0 Å². The van der Waals surface area contributed by atoms with Gasteiger partial charge in [0.15, 0.2) is 5.96 Å². The van der Waals surface area contributed by atoms with Gasteiger partial charge >= 0.3 is 11.9 Å². The van der Waals surface area contributed by atoms with Gasteiger partial charge in [0, 0.05) is 32.2 Å². The monoisotopic (exact) mass is 301 g/mol. The SMILES string of the molecule is NC(N)=NCCC[C@@H](C(=O)O)N1CCN[C@@H](CC(=O)O)C1. The number of piperazine rings is 1. The lowest BCUT2D eigenvalue weighted by Crippen LogP contribution is -2.56. The van der Waals surface area contributed by atoms with Gasteiger partial charge < -0.3 is 27.0 Å². The van der Waals surface area contributed by atoms with Gasteiger partial charge in [-0.2, -0.15) is 0 Å². The summed E-state index contributed by atoms with van der Waals surface area (Å²) in [6.45, 7) is 1.95. The Labute approximate surface area is 123 Å². The molecule has 7 N–H and O–H groups in total. The van der Waals surface area contributed by atoms with Crippen LogP contribution in [0.3, 0.4) is 0 Å². The Bertz CT molecular complexity index is 397. The second-order valence-corrected chi connectivity index (χ2v) is 5.05. The fraction of sp³-hybridized carbons (Fsp3) is 0.750. The van der Waals surface area contributed by atoms with Crippen molar-refractivity contribution in [3.05, 3.63) is 0 Å². The minimum Gasteiger partial charge on any atom is -0.481 e. The minimum atomic E-state index is -0.907. The van der Waals surface area contributed by atoms with Crippen molar-refractivity contribution >= 4 is 17.9 Å². The highest BCUT2D eigenvalue weighted by atomic mass is 16.4. The fourth-order valence-corrected chi connectivity index (χ4v) is 2.44. The smallest absolute Gasteiger partial charge is 0.320 e. The van der Waals surface area contributed by atoms with E-state index in [-0.39, 0.29) is 18.4 Å². The number of guanidine groups is 1. The highest BCUT2D eigenvalue weighted by Crippen LogP contribution is 2.12. The summed E-state index contributed by atoms with van der Waals surface area (Å²) >= 11 is 0. The first kappa shape index (κ1) is 17.2. The standard InChI is InChI=1S/C12H23N5O4/c13-12(14)16-3-1-2-9(11(20)21)17-5-4-15-8(7-17)6-10(18)19/h8-9,15H,1-7H2,(H,18,19)(H,20,21)(H4,13,14,16)/t8-,9-/m0/s1. The summed E-state index contributed by atoms with van der Waals surface area (Å²) in [5, 5.41) is 21.2. The van der Waals surface area contributed by atoms with E-state index in [4.69, 9.17) is 16.6 Å². The van der Waals surface area contributed by atoms with Crippen molar-refractivity contribution in [2.45, 2.75) is 31.3 Å². The van der Waals surface area contributed by atoms with E-state index < -0.39 is 18.0 Å². The van der Waals surface area contributed by atoms with Crippen LogP contribution in [0.4, 0.5) is 0 Å². The maximum absolute atomic E-state index is 11.4. The third-order valence-electron chi connectivity index (χ3n) is 3.36. The average molecular weight is 301 g/mol. The van der Waals surface area contributed by atoms with Crippen molar-refractivity contribution in [3.63, 3.8) is 0 Å². The lowest BCUT2D eigenvalue weighted by molar-refractivity contribution is -0.144. The Morgan fingerprint density at radius 3 is 2.67 bits per heavy atom. The van der Waals surface area contributed by atoms with Crippen LogP contribution in [0.25, 0.3) is 0 Å². The second-order valence-electron chi connectivity index (χ2n) is 5.05. The van der Waals surface area contributed by atoms with Crippen LogP contribution < -0.4 is 16.8 Å². The molecular formula is C12H23N5O4. The maximum atomic E-state index is 11.4. The van der Waals surface area contributed by atoms with E-state index in [1.165, 1.54) is 0 Å². The van der Waals surface area contributed by atoms with E-state index in [1.807, 2.05) is 4.90 Å². The Kier molecular flexibility index (Phi) is 6.89. The molecule has 21 heavy (non-hydrogen) atoms. The number of rotatable bonds is 8. The predicted octanol–water partition coefficient (Wildman–Crippen LogP) is -1.76. The number of nitrogens with one attached hydrogen (secondary N) is 1. The van der Waals surface area contributed by atoms with Gasteiger partial charge in [0.2, 0.25) is 0 Å². The molecule has 0 aromatic heterocycles. The van der Waals surface area contributed by atoms with Crippen LogP contribution in [-0.4, -0.2) is 71.3 Å². The number of hydrogen-bond donors (Lipinski definition) is 5. The third-order valence-corrected chi connectivity index (χ3v) is 3.36. The lowest BCUT2D eigenvalue weighted by atomic mass is 10.1. The van der Waals surface area contributed by atoms with Gasteiger partial charge in [0.1, 0.15) is 6.04 Å². The minimum absolute atomic E-state index is 0.00873. The summed E-state index contributed by atoms with van der Waals surface area (Å²) in [5.74, 6) is -1.81. The third kappa shape index (κ3) is 6.41. The molecule has 1 rings (SSSR count). The van der Waals surface area contributed by atoms with Crippen LogP contribution in [-0.2, 0) is 9.59 Å². The van der Waals surface area contributed by atoms with E-state index in [2.05, 4.69) is 10.3 Å². The Morgan fingerprint density at radius 1 is 1.38 bits per heavy atom. The first-order chi connectivity index (χ1) is 9.90. The zero-order chi connectivity index (χ0) is 15.8. The Morgan fingerprint density at radius 2 is 2.10 bits per heavy atom. The maximum Gasteiger partial charge on any atom is 0.320 e. The van der Waals surface area contributed by atoms with Gasteiger partial charge in [-0.3, -0.25) is 19.5 Å². The lowest BCUT2D eigenvalue weighted by Gasteiger charge is -2.36. The van der Waals surface area contributed by atoms with Gasteiger partial charge in [0.05, 0.1) is 6.42 Å². The molecule has 120 valence electrons.